The lowest BCUT2D eigenvalue weighted by Gasteiger charge is -2.37. The Morgan fingerprint density at radius 1 is 1.11 bits per heavy atom. The van der Waals surface area contributed by atoms with Crippen molar-refractivity contribution >= 4 is 5.91 Å². The van der Waals surface area contributed by atoms with Crippen molar-refractivity contribution in [3.63, 3.8) is 0 Å². The van der Waals surface area contributed by atoms with E-state index >= 15 is 0 Å². The third-order valence-electron chi connectivity index (χ3n) is 5.55. The van der Waals surface area contributed by atoms with E-state index in [0.717, 1.165) is 32.7 Å². The molecule has 3 rings (SSSR count). The summed E-state index contributed by atoms with van der Waals surface area (Å²) >= 11 is 0. The van der Waals surface area contributed by atoms with E-state index in [-0.39, 0.29) is 25.4 Å². The highest BCUT2D eigenvalue weighted by Crippen LogP contribution is 2.33. The van der Waals surface area contributed by atoms with Crippen molar-refractivity contribution in [3.8, 4) is 0 Å². The molecule has 7 heteroatoms. The molecule has 1 unspecified atom stereocenters. The van der Waals surface area contributed by atoms with Gasteiger partial charge in [-0.05, 0) is 25.3 Å². The largest absolute Gasteiger partial charge is 0.393 e. The van der Waals surface area contributed by atoms with Crippen LogP contribution in [0.2, 0.25) is 0 Å². The molecule has 0 N–H and O–H groups in total. The highest BCUT2D eigenvalue weighted by Gasteiger charge is 2.42. The molecule has 0 aromatic heterocycles. The second-order valence-electron chi connectivity index (χ2n) is 7.76. The lowest BCUT2D eigenvalue weighted by atomic mass is 9.97. The zero-order valence-electron chi connectivity index (χ0n) is 15.8. The van der Waals surface area contributed by atoms with Gasteiger partial charge in [-0.25, -0.2) is 0 Å². The number of nitrogens with zero attached hydrogens (tertiary/aromatic N) is 3. The van der Waals surface area contributed by atoms with Gasteiger partial charge < -0.3 is 4.90 Å². The van der Waals surface area contributed by atoms with Crippen LogP contribution in [-0.2, 0) is 11.3 Å². The number of rotatable bonds is 4. The Kier molecular flexibility index (Phi) is 6.42. The van der Waals surface area contributed by atoms with Gasteiger partial charge in [-0.3, -0.25) is 14.6 Å². The first-order valence-corrected chi connectivity index (χ1v) is 9.66. The topological polar surface area (TPSA) is 26.8 Å². The van der Waals surface area contributed by atoms with Crippen molar-refractivity contribution in [2.75, 3.05) is 45.8 Å². The van der Waals surface area contributed by atoms with Crippen molar-refractivity contribution < 1.29 is 18.0 Å². The maximum atomic E-state index is 12.9. The van der Waals surface area contributed by atoms with Crippen molar-refractivity contribution in [2.24, 2.45) is 5.92 Å². The normalized spacial score (nSPS) is 22.8. The second kappa shape index (κ2) is 8.61. The minimum absolute atomic E-state index is 0.130. The number of aryl methyl sites for hydroxylation is 1. The van der Waals surface area contributed by atoms with Gasteiger partial charge in [0, 0.05) is 45.8 Å². The fourth-order valence-electron chi connectivity index (χ4n) is 3.94. The number of halogens is 3. The maximum Gasteiger partial charge on any atom is 0.393 e. The predicted molar refractivity (Wildman–Crippen MR) is 98.3 cm³/mol. The quantitative estimate of drug-likeness (QED) is 0.800. The summed E-state index contributed by atoms with van der Waals surface area (Å²) in [5, 5.41) is 0. The number of piperidine rings is 1. The summed E-state index contributed by atoms with van der Waals surface area (Å²) in [7, 11) is 0. The molecule has 2 fully saturated rings. The van der Waals surface area contributed by atoms with Crippen LogP contribution in [0.3, 0.4) is 0 Å². The van der Waals surface area contributed by atoms with Gasteiger partial charge >= 0.3 is 6.18 Å². The number of carbonyl (C=O) groups is 1. The molecule has 0 aliphatic carbocycles. The van der Waals surface area contributed by atoms with E-state index in [1.54, 1.807) is 0 Å². The summed E-state index contributed by atoms with van der Waals surface area (Å²) in [6, 6.07) is 8.45. The first-order chi connectivity index (χ1) is 12.8. The molecule has 150 valence electrons. The molecule has 0 radical (unpaired) electrons. The van der Waals surface area contributed by atoms with E-state index in [4.69, 9.17) is 0 Å². The van der Waals surface area contributed by atoms with Gasteiger partial charge in [0.25, 0.3) is 0 Å². The molecule has 0 bridgehead atoms. The Bertz CT molecular complexity index is 642. The minimum Gasteiger partial charge on any atom is -0.341 e. The summed E-state index contributed by atoms with van der Waals surface area (Å²) in [6.07, 6.45) is -3.65. The molecule has 1 aromatic carbocycles. The van der Waals surface area contributed by atoms with Crippen molar-refractivity contribution in [1.82, 2.24) is 14.7 Å². The summed E-state index contributed by atoms with van der Waals surface area (Å²) in [6.45, 7) is 6.73. The van der Waals surface area contributed by atoms with Crippen LogP contribution in [0.15, 0.2) is 24.3 Å². The summed E-state index contributed by atoms with van der Waals surface area (Å²) in [5.74, 6) is -1.54. The molecule has 2 aliphatic heterocycles. The molecular formula is C20H28F3N3O. The Balaban J connectivity index is 1.44. The fraction of sp³-hybridized carbons (Fsp3) is 0.650. The van der Waals surface area contributed by atoms with Crippen LogP contribution in [0.25, 0.3) is 0 Å². The van der Waals surface area contributed by atoms with Crippen LogP contribution < -0.4 is 0 Å². The average Bonchev–Trinajstić information content (AvgIpc) is 2.63. The number of likely N-dealkylation sites (tertiary alicyclic amines) is 1. The lowest BCUT2D eigenvalue weighted by molar-refractivity contribution is -0.188. The zero-order chi connectivity index (χ0) is 19.4. The molecule has 2 aliphatic rings. The van der Waals surface area contributed by atoms with E-state index in [2.05, 4.69) is 41.0 Å². The third-order valence-corrected chi connectivity index (χ3v) is 5.55. The van der Waals surface area contributed by atoms with Crippen LogP contribution in [0.5, 0.6) is 0 Å². The Morgan fingerprint density at radius 2 is 1.81 bits per heavy atom. The average molecular weight is 383 g/mol. The molecule has 1 aromatic rings. The molecule has 4 nitrogen and oxygen atoms in total. The van der Waals surface area contributed by atoms with Gasteiger partial charge in [-0.15, -0.1) is 0 Å². The summed E-state index contributed by atoms with van der Waals surface area (Å²) in [5.41, 5.74) is 2.53. The van der Waals surface area contributed by atoms with Gasteiger partial charge in [0.2, 0.25) is 5.91 Å². The highest BCUT2D eigenvalue weighted by atomic mass is 19.4. The van der Waals surface area contributed by atoms with Crippen LogP contribution >= 0.6 is 0 Å². The van der Waals surface area contributed by atoms with E-state index in [0.29, 0.717) is 13.0 Å². The number of carbonyl (C=O) groups excluding carboxylic acids is 1. The number of benzene rings is 1. The standard InChI is InChI=1S/C20H28F3N3O/c1-16-4-2-5-17(12-16)13-24-8-10-25(11-9-24)15-19(27)26-7-3-6-18(14-26)20(21,22)23/h2,4-5,12,18H,3,6-11,13-15H2,1H3. The van der Waals surface area contributed by atoms with E-state index in [1.807, 2.05) is 0 Å². The summed E-state index contributed by atoms with van der Waals surface area (Å²) < 4.78 is 38.8. The van der Waals surface area contributed by atoms with E-state index < -0.39 is 12.1 Å². The second-order valence-corrected chi connectivity index (χ2v) is 7.76. The van der Waals surface area contributed by atoms with Gasteiger partial charge in [-0.2, -0.15) is 13.2 Å². The number of hydrogen-bond acceptors (Lipinski definition) is 3. The van der Waals surface area contributed by atoms with Gasteiger partial charge in [-0.1, -0.05) is 29.8 Å². The molecular weight excluding hydrogens is 355 g/mol. The molecule has 1 amide bonds. The predicted octanol–water partition coefficient (Wildman–Crippen LogP) is 2.91. The molecule has 27 heavy (non-hydrogen) atoms. The molecule has 0 spiro atoms. The number of piperazine rings is 1. The zero-order valence-corrected chi connectivity index (χ0v) is 15.8. The van der Waals surface area contributed by atoms with Crippen LogP contribution in [0.4, 0.5) is 13.2 Å². The first kappa shape index (κ1) is 20.1. The van der Waals surface area contributed by atoms with Gasteiger partial charge in [0.05, 0.1) is 12.5 Å². The molecule has 2 heterocycles. The summed E-state index contributed by atoms with van der Waals surface area (Å²) in [4.78, 5) is 18.3. The van der Waals surface area contributed by atoms with Crippen molar-refractivity contribution in [1.29, 1.82) is 0 Å². The van der Waals surface area contributed by atoms with E-state index in [9.17, 15) is 18.0 Å². The van der Waals surface area contributed by atoms with Gasteiger partial charge in [0.15, 0.2) is 0 Å². The minimum atomic E-state index is -4.21. The Morgan fingerprint density at radius 3 is 2.48 bits per heavy atom. The van der Waals surface area contributed by atoms with Gasteiger partial charge in [0.1, 0.15) is 0 Å². The number of hydrogen-bond donors (Lipinski definition) is 0. The monoisotopic (exact) mass is 383 g/mol. The first-order valence-electron chi connectivity index (χ1n) is 9.66. The SMILES string of the molecule is Cc1cccc(CN2CCN(CC(=O)N3CCCC(C(F)(F)F)C3)CC2)c1. The fourth-order valence-corrected chi connectivity index (χ4v) is 3.94. The van der Waals surface area contributed by atoms with Crippen molar-refractivity contribution in [3.05, 3.63) is 35.4 Å². The molecule has 2 saturated heterocycles. The van der Waals surface area contributed by atoms with Crippen LogP contribution in [-0.4, -0.2) is 72.6 Å². The van der Waals surface area contributed by atoms with Crippen LogP contribution in [0.1, 0.15) is 24.0 Å². The Hall–Kier alpha value is -1.60. The molecule has 0 saturated carbocycles. The lowest BCUT2D eigenvalue weighted by Crippen LogP contribution is -2.52. The Labute approximate surface area is 158 Å². The molecule has 1 atom stereocenters. The number of amides is 1. The smallest absolute Gasteiger partial charge is 0.341 e. The van der Waals surface area contributed by atoms with Crippen LogP contribution in [0, 0.1) is 12.8 Å². The maximum absolute atomic E-state index is 12.9. The highest BCUT2D eigenvalue weighted by molar-refractivity contribution is 5.78. The van der Waals surface area contributed by atoms with Crippen molar-refractivity contribution in [2.45, 2.75) is 32.5 Å². The van der Waals surface area contributed by atoms with E-state index in [1.165, 1.54) is 16.0 Å². The number of alkyl halides is 3. The third kappa shape index (κ3) is 5.69.